The van der Waals surface area contributed by atoms with E-state index in [9.17, 15) is 0 Å². The van der Waals surface area contributed by atoms with Gasteiger partial charge in [0.2, 0.25) is 0 Å². The van der Waals surface area contributed by atoms with Crippen LogP contribution in [0.4, 0.5) is 0 Å². The predicted molar refractivity (Wildman–Crippen MR) is 80.4 cm³/mol. The van der Waals surface area contributed by atoms with E-state index in [-0.39, 0.29) is 0 Å². The molecule has 0 N–H and O–H groups in total. The van der Waals surface area contributed by atoms with Crippen LogP contribution in [0.5, 0.6) is 0 Å². The maximum Gasteiger partial charge on any atom is 0.137 e. The van der Waals surface area contributed by atoms with Gasteiger partial charge in [0.05, 0.1) is 6.04 Å². The highest BCUT2D eigenvalue weighted by Crippen LogP contribution is 2.32. The Hall–Kier alpha value is -1.16. The van der Waals surface area contributed by atoms with Gasteiger partial charge in [0.1, 0.15) is 12.7 Å². The van der Waals surface area contributed by atoms with Crippen LogP contribution in [-0.4, -0.2) is 39.3 Å². The first kappa shape index (κ1) is 13.8. The summed E-state index contributed by atoms with van der Waals surface area (Å²) in [4.78, 5) is 6.71. The molecule has 1 aliphatic carbocycles. The monoisotopic (exact) mass is 274 g/mol. The molecule has 2 aliphatic rings. The Labute approximate surface area is 121 Å². The van der Waals surface area contributed by atoms with E-state index in [0.29, 0.717) is 6.04 Å². The van der Waals surface area contributed by atoms with Crippen LogP contribution in [0.3, 0.4) is 0 Å². The quantitative estimate of drug-likeness (QED) is 0.795. The highest BCUT2D eigenvalue weighted by Gasteiger charge is 2.27. The van der Waals surface area contributed by atoms with Crippen LogP contribution in [0.25, 0.3) is 0 Å². The number of piperidine rings is 1. The second-order valence-electron chi connectivity index (χ2n) is 6.52. The van der Waals surface area contributed by atoms with Crippen molar-refractivity contribution < 1.29 is 0 Å². The zero-order valence-corrected chi connectivity index (χ0v) is 12.7. The number of rotatable bonds is 3. The third-order valence-corrected chi connectivity index (χ3v) is 5.18. The molecule has 2 atom stereocenters. The average molecular weight is 274 g/mol. The molecule has 4 nitrogen and oxygen atoms in total. The first-order valence-electron chi connectivity index (χ1n) is 7.97. The van der Waals surface area contributed by atoms with E-state index in [4.69, 9.17) is 0 Å². The zero-order chi connectivity index (χ0) is 13.9. The summed E-state index contributed by atoms with van der Waals surface area (Å²) in [5.41, 5.74) is 1.61. The van der Waals surface area contributed by atoms with Crippen LogP contribution in [0.15, 0.2) is 24.3 Å². The summed E-state index contributed by atoms with van der Waals surface area (Å²) in [6.45, 7) is 8.38. The molecule has 4 heteroatoms. The fourth-order valence-corrected chi connectivity index (χ4v) is 3.75. The molecule has 0 amide bonds. The lowest BCUT2D eigenvalue weighted by atomic mass is 9.79. The molecule has 0 aromatic carbocycles. The first-order chi connectivity index (χ1) is 9.74. The molecule has 0 radical (unpaired) electrons. The molecular weight excluding hydrogens is 248 g/mol. The van der Waals surface area contributed by atoms with E-state index in [1.54, 1.807) is 11.9 Å². The van der Waals surface area contributed by atoms with Gasteiger partial charge < -0.3 is 4.90 Å². The molecule has 110 valence electrons. The van der Waals surface area contributed by atoms with Crippen LogP contribution in [0, 0.1) is 11.8 Å². The summed E-state index contributed by atoms with van der Waals surface area (Å²) in [5, 5.41) is 4.28. The summed E-state index contributed by atoms with van der Waals surface area (Å²) in [5.74, 6) is 1.61. The fourth-order valence-electron chi connectivity index (χ4n) is 3.75. The Morgan fingerprint density at radius 3 is 2.70 bits per heavy atom. The molecule has 0 spiro atoms. The van der Waals surface area contributed by atoms with Gasteiger partial charge in [-0.15, -0.1) is 0 Å². The number of allylic oxidation sites excluding steroid dienone is 1. The summed E-state index contributed by atoms with van der Waals surface area (Å²) >= 11 is 0. The van der Waals surface area contributed by atoms with E-state index < -0.39 is 0 Å². The number of aromatic nitrogens is 3. The maximum absolute atomic E-state index is 4.28. The van der Waals surface area contributed by atoms with Crippen molar-refractivity contribution in [3.63, 3.8) is 0 Å². The van der Waals surface area contributed by atoms with Crippen molar-refractivity contribution in [3.8, 4) is 0 Å². The van der Waals surface area contributed by atoms with Gasteiger partial charge >= 0.3 is 0 Å². The van der Waals surface area contributed by atoms with Crippen molar-refractivity contribution in [2.75, 3.05) is 19.6 Å². The van der Waals surface area contributed by atoms with Crippen LogP contribution in [0.1, 0.15) is 45.6 Å². The third-order valence-electron chi connectivity index (χ3n) is 5.18. The van der Waals surface area contributed by atoms with Gasteiger partial charge in [0, 0.05) is 19.6 Å². The molecule has 1 saturated heterocycles. The largest absolute Gasteiger partial charge is 0.303 e. The topological polar surface area (TPSA) is 34.0 Å². The molecule has 1 aromatic heterocycles. The Kier molecular flexibility index (Phi) is 4.20. The number of hydrogen-bond donors (Lipinski definition) is 0. The van der Waals surface area contributed by atoms with E-state index >= 15 is 0 Å². The van der Waals surface area contributed by atoms with Gasteiger partial charge in [-0.25, -0.2) is 9.67 Å². The summed E-state index contributed by atoms with van der Waals surface area (Å²) < 4.78 is 2.03. The lowest BCUT2D eigenvalue weighted by molar-refractivity contribution is 0.146. The lowest BCUT2D eigenvalue weighted by Gasteiger charge is -2.37. The minimum Gasteiger partial charge on any atom is -0.303 e. The predicted octanol–water partition coefficient (Wildman–Crippen LogP) is 2.91. The number of nitrogens with zero attached hydrogens (tertiary/aromatic N) is 4. The van der Waals surface area contributed by atoms with Gasteiger partial charge in [-0.05, 0) is 44.4 Å². The minimum atomic E-state index is 0.550. The molecule has 1 aromatic rings. The smallest absolute Gasteiger partial charge is 0.137 e. The van der Waals surface area contributed by atoms with Gasteiger partial charge in [-0.1, -0.05) is 18.6 Å². The molecule has 0 bridgehead atoms. The second kappa shape index (κ2) is 6.08. The standard InChI is InChI=1S/C16H26N4/c1-13-4-3-5-14(2)16(13)10-19-8-6-15(7-9-19)20-12-17-11-18-20/h4,11-12,14-16H,3,5-10H2,1-2H3/t14-,16-/m1/s1. The van der Waals surface area contributed by atoms with E-state index in [1.165, 1.54) is 45.3 Å². The SMILES string of the molecule is CC1=CCC[C@@H](C)[C@@H]1CN1CCC(n2cncn2)CC1. The Balaban J connectivity index is 1.53. The van der Waals surface area contributed by atoms with E-state index in [2.05, 4.69) is 34.9 Å². The summed E-state index contributed by atoms with van der Waals surface area (Å²) in [6.07, 6.45) is 11.0. The van der Waals surface area contributed by atoms with Crippen molar-refractivity contribution in [1.82, 2.24) is 19.7 Å². The maximum atomic E-state index is 4.28. The first-order valence-corrected chi connectivity index (χ1v) is 7.97. The fraction of sp³-hybridized carbons (Fsp3) is 0.750. The van der Waals surface area contributed by atoms with Crippen LogP contribution in [0.2, 0.25) is 0 Å². The highest BCUT2D eigenvalue weighted by molar-refractivity contribution is 5.09. The van der Waals surface area contributed by atoms with Crippen LogP contribution in [-0.2, 0) is 0 Å². The summed E-state index contributed by atoms with van der Waals surface area (Å²) in [6, 6.07) is 0.550. The lowest BCUT2D eigenvalue weighted by Crippen LogP contribution is -2.40. The van der Waals surface area contributed by atoms with Crippen molar-refractivity contribution in [2.45, 2.75) is 45.6 Å². The normalized spacial score (nSPS) is 29.4. The minimum absolute atomic E-state index is 0.550. The van der Waals surface area contributed by atoms with Gasteiger partial charge in [-0.3, -0.25) is 0 Å². The Bertz CT molecular complexity index is 443. The molecular formula is C16H26N4. The van der Waals surface area contributed by atoms with Gasteiger partial charge in [0.25, 0.3) is 0 Å². The number of hydrogen-bond acceptors (Lipinski definition) is 3. The molecule has 1 fully saturated rings. The molecule has 2 heterocycles. The second-order valence-corrected chi connectivity index (χ2v) is 6.52. The van der Waals surface area contributed by atoms with Gasteiger partial charge in [0.15, 0.2) is 0 Å². The van der Waals surface area contributed by atoms with Crippen LogP contribution < -0.4 is 0 Å². The van der Waals surface area contributed by atoms with Crippen molar-refractivity contribution in [3.05, 3.63) is 24.3 Å². The van der Waals surface area contributed by atoms with E-state index in [0.717, 1.165) is 11.8 Å². The Morgan fingerprint density at radius 2 is 2.05 bits per heavy atom. The van der Waals surface area contributed by atoms with Gasteiger partial charge in [-0.2, -0.15) is 5.10 Å². The highest BCUT2D eigenvalue weighted by atomic mass is 15.3. The third kappa shape index (κ3) is 2.95. The van der Waals surface area contributed by atoms with Crippen molar-refractivity contribution >= 4 is 0 Å². The average Bonchev–Trinajstić information content (AvgIpc) is 2.98. The zero-order valence-electron chi connectivity index (χ0n) is 12.7. The van der Waals surface area contributed by atoms with Crippen molar-refractivity contribution in [1.29, 1.82) is 0 Å². The number of likely N-dealkylation sites (tertiary alicyclic amines) is 1. The molecule has 0 saturated carbocycles. The molecule has 0 unspecified atom stereocenters. The molecule has 1 aliphatic heterocycles. The van der Waals surface area contributed by atoms with Crippen molar-refractivity contribution in [2.24, 2.45) is 11.8 Å². The Morgan fingerprint density at radius 1 is 1.25 bits per heavy atom. The molecule has 3 rings (SSSR count). The van der Waals surface area contributed by atoms with E-state index in [1.807, 2.05) is 11.0 Å². The molecule has 20 heavy (non-hydrogen) atoms. The summed E-state index contributed by atoms with van der Waals surface area (Å²) in [7, 11) is 0. The van der Waals surface area contributed by atoms with Crippen LogP contribution >= 0.6 is 0 Å².